The van der Waals surface area contributed by atoms with Crippen LogP contribution in [0.1, 0.15) is 20.8 Å². The molecule has 2 nitrogen and oxygen atoms in total. The Balaban J connectivity index is 3.92. The average molecular weight is 145 g/mol. The van der Waals surface area contributed by atoms with Crippen LogP contribution in [0.2, 0.25) is 0 Å². The maximum Gasteiger partial charge on any atom is 0.280 e. The molecule has 0 rings (SSSR count). The first kappa shape index (κ1) is 8.56. The number of carbonyl (C=O) groups excluding carboxylic acids is 1. The lowest BCUT2D eigenvalue weighted by Crippen LogP contribution is -2.14. The summed E-state index contributed by atoms with van der Waals surface area (Å²) >= 11 is 3.55. The number of hydrogen-bond acceptors (Lipinski definition) is 1. The van der Waals surface area contributed by atoms with Crippen molar-refractivity contribution in [2.45, 2.75) is 20.8 Å². The summed E-state index contributed by atoms with van der Waals surface area (Å²) in [6.45, 7) is 5.70. The molecule has 0 aliphatic carbocycles. The topological polar surface area (TPSA) is 29.1 Å². The summed E-state index contributed by atoms with van der Waals surface area (Å²) in [4.78, 5) is 10.3. The van der Waals surface area contributed by atoms with Crippen molar-refractivity contribution in [1.82, 2.24) is 5.32 Å². The molecule has 0 saturated heterocycles. The molecule has 1 N–H and O–H groups in total. The van der Waals surface area contributed by atoms with Gasteiger partial charge in [-0.05, 0) is 20.8 Å². The van der Waals surface area contributed by atoms with E-state index in [1.165, 1.54) is 0 Å². The smallest absolute Gasteiger partial charge is 0.280 e. The number of hydrogen-bond donors (Lipinski definition) is 2. The SMILES string of the molecule is CC(C)=C(C)NC(=O)S. The molecule has 0 aliphatic rings. The van der Waals surface area contributed by atoms with Crippen molar-refractivity contribution in [3.05, 3.63) is 11.3 Å². The van der Waals surface area contributed by atoms with Crippen molar-refractivity contribution >= 4 is 17.9 Å². The molecule has 0 aromatic heterocycles. The molecule has 0 unspecified atom stereocenters. The predicted molar refractivity (Wildman–Crippen MR) is 41.6 cm³/mol. The van der Waals surface area contributed by atoms with Crippen LogP contribution in [-0.4, -0.2) is 5.24 Å². The molecule has 1 amide bonds. The Morgan fingerprint density at radius 3 is 1.89 bits per heavy atom. The van der Waals surface area contributed by atoms with E-state index >= 15 is 0 Å². The van der Waals surface area contributed by atoms with Gasteiger partial charge in [0, 0.05) is 5.70 Å². The van der Waals surface area contributed by atoms with Crippen LogP contribution in [0.4, 0.5) is 4.79 Å². The molecular formula is C6H11NOS. The molecule has 0 aromatic carbocycles. The van der Waals surface area contributed by atoms with Crippen molar-refractivity contribution in [2.24, 2.45) is 0 Å². The number of nitrogens with one attached hydrogen (secondary N) is 1. The van der Waals surface area contributed by atoms with Crippen LogP contribution in [0.15, 0.2) is 11.3 Å². The second kappa shape index (κ2) is 3.56. The Morgan fingerprint density at radius 2 is 1.78 bits per heavy atom. The van der Waals surface area contributed by atoms with Gasteiger partial charge in [0.05, 0.1) is 0 Å². The van der Waals surface area contributed by atoms with Crippen molar-refractivity contribution in [1.29, 1.82) is 0 Å². The molecule has 0 fully saturated rings. The van der Waals surface area contributed by atoms with Gasteiger partial charge in [-0.3, -0.25) is 4.79 Å². The molecular weight excluding hydrogens is 134 g/mol. The second-order valence-electron chi connectivity index (χ2n) is 2.06. The summed E-state index contributed by atoms with van der Waals surface area (Å²) in [7, 11) is 0. The van der Waals surface area contributed by atoms with E-state index in [9.17, 15) is 4.79 Å². The van der Waals surface area contributed by atoms with E-state index in [1.807, 2.05) is 20.8 Å². The minimum absolute atomic E-state index is 0.311. The fraction of sp³-hybridized carbons (Fsp3) is 0.500. The third-order valence-corrected chi connectivity index (χ3v) is 1.16. The van der Waals surface area contributed by atoms with E-state index in [1.54, 1.807) is 0 Å². The van der Waals surface area contributed by atoms with Gasteiger partial charge in [-0.25, -0.2) is 0 Å². The number of thiol groups is 1. The number of carbonyl (C=O) groups is 1. The van der Waals surface area contributed by atoms with E-state index in [0.717, 1.165) is 11.3 Å². The zero-order valence-electron chi connectivity index (χ0n) is 5.86. The highest BCUT2D eigenvalue weighted by atomic mass is 32.1. The van der Waals surface area contributed by atoms with Crippen LogP contribution in [0.25, 0.3) is 0 Å². The van der Waals surface area contributed by atoms with Gasteiger partial charge in [0.25, 0.3) is 5.24 Å². The first-order chi connectivity index (χ1) is 4.04. The van der Waals surface area contributed by atoms with E-state index in [0.29, 0.717) is 0 Å². The van der Waals surface area contributed by atoms with Gasteiger partial charge < -0.3 is 5.32 Å². The van der Waals surface area contributed by atoms with Crippen LogP contribution in [0.3, 0.4) is 0 Å². The zero-order valence-corrected chi connectivity index (χ0v) is 6.75. The van der Waals surface area contributed by atoms with Crippen molar-refractivity contribution in [2.75, 3.05) is 0 Å². The lowest BCUT2D eigenvalue weighted by Gasteiger charge is -2.01. The van der Waals surface area contributed by atoms with Crippen LogP contribution in [0.5, 0.6) is 0 Å². The number of allylic oxidation sites excluding steroid dienone is 2. The minimum atomic E-state index is -0.311. The number of amides is 1. The van der Waals surface area contributed by atoms with Crippen LogP contribution in [0, 0.1) is 0 Å². The van der Waals surface area contributed by atoms with Gasteiger partial charge in [-0.2, -0.15) is 0 Å². The number of rotatable bonds is 1. The first-order valence-electron chi connectivity index (χ1n) is 2.68. The summed E-state index contributed by atoms with van der Waals surface area (Å²) < 4.78 is 0. The minimum Gasteiger partial charge on any atom is -0.321 e. The van der Waals surface area contributed by atoms with Gasteiger partial charge in [-0.15, -0.1) is 0 Å². The monoisotopic (exact) mass is 145 g/mol. The third kappa shape index (κ3) is 4.09. The van der Waals surface area contributed by atoms with E-state index in [2.05, 4.69) is 17.9 Å². The molecule has 0 atom stereocenters. The van der Waals surface area contributed by atoms with Gasteiger partial charge >= 0.3 is 0 Å². The van der Waals surface area contributed by atoms with E-state index in [-0.39, 0.29) is 5.24 Å². The molecule has 3 heteroatoms. The maximum absolute atomic E-state index is 10.3. The van der Waals surface area contributed by atoms with Crippen molar-refractivity contribution < 1.29 is 4.79 Å². The Hall–Kier alpha value is -0.440. The van der Waals surface area contributed by atoms with Gasteiger partial charge in [0.1, 0.15) is 0 Å². The summed E-state index contributed by atoms with van der Waals surface area (Å²) in [6, 6.07) is 0. The van der Waals surface area contributed by atoms with Gasteiger partial charge in [-0.1, -0.05) is 18.2 Å². The highest BCUT2D eigenvalue weighted by Crippen LogP contribution is 1.97. The van der Waals surface area contributed by atoms with Gasteiger partial charge in [0.2, 0.25) is 0 Å². The molecule has 52 valence electrons. The second-order valence-corrected chi connectivity index (χ2v) is 2.46. The largest absolute Gasteiger partial charge is 0.321 e. The fourth-order valence-electron chi connectivity index (χ4n) is 0.285. The normalized spacial score (nSPS) is 8.44. The van der Waals surface area contributed by atoms with Gasteiger partial charge in [0.15, 0.2) is 0 Å². The summed E-state index contributed by atoms with van der Waals surface area (Å²) in [6.07, 6.45) is 0. The highest BCUT2D eigenvalue weighted by molar-refractivity contribution is 7.96. The molecule has 0 aliphatic heterocycles. The Labute approximate surface area is 60.7 Å². The van der Waals surface area contributed by atoms with Crippen LogP contribution in [-0.2, 0) is 0 Å². The molecule has 9 heavy (non-hydrogen) atoms. The predicted octanol–water partition coefficient (Wildman–Crippen LogP) is 1.94. The maximum atomic E-state index is 10.3. The Bertz CT molecular complexity index is 147. The molecule has 0 spiro atoms. The van der Waals surface area contributed by atoms with E-state index < -0.39 is 0 Å². The van der Waals surface area contributed by atoms with Crippen molar-refractivity contribution in [3.63, 3.8) is 0 Å². The lowest BCUT2D eigenvalue weighted by molar-refractivity contribution is 0.263. The Morgan fingerprint density at radius 1 is 1.33 bits per heavy atom. The standard InChI is InChI=1S/C6H11NOS/c1-4(2)5(3)7-6(8)9/h1-3H3,(H2,7,8,9). The molecule has 0 aromatic rings. The molecule has 0 bridgehead atoms. The third-order valence-electron chi connectivity index (χ3n) is 1.04. The van der Waals surface area contributed by atoms with E-state index in [4.69, 9.17) is 0 Å². The zero-order chi connectivity index (χ0) is 7.44. The summed E-state index contributed by atoms with van der Waals surface area (Å²) in [5.74, 6) is 0. The highest BCUT2D eigenvalue weighted by Gasteiger charge is 1.93. The Kier molecular flexibility index (Phi) is 3.39. The average Bonchev–Trinajstić information content (AvgIpc) is 1.63. The fourth-order valence-corrected chi connectivity index (χ4v) is 0.453. The van der Waals surface area contributed by atoms with Crippen molar-refractivity contribution in [3.8, 4) is 0 Å². The molecule has 0 heterocycles. The molecule has 0 saturated carbocycles. The lowest BCUT2D eigenvalue weighted by atomic mass is 10.3. The summed E-state index contributed by atoms with van der Waals surface area (Å²) in [5, 5.41) is 2.24. The molecule has 0 radical (unpaired) electrons. The van der Waals surface area contributed by atoms with Crippen LogP contribution >= 0.6 is 12.6 Å². The quantitative estimate of drug-likeness (QED) is 0.542. The first-order valence-corrected chi connectivity index (χ1v) is 3.12. The summed E-state index contributed by atoms with van der Waals surface area (Å²) in [5.41, 5.74) is 1.97. The van der Waals surface area contributed by atoms with Crippen LogP contribution < -0.4 is 5.32 Å².